The summed E-state index contributed by atoms with van der Waals surface area (Å²) < 4.78 is 0. The first kappa shape index (κ1) is 7.22. The summed E-state index contributed by atoms with van der Waals surface area (Å²) in [7, 11) is 1.95. The second-order valence-electron chi connectivity index (χ2n) is 2.98. The number of nitrogens with one attached hydrogen (secondary N) is 2. The van der Waals surface area contributed by atoms with Crippen LogP contribution in [0.15, 0.2) is 24.4 Å². The molecule has 1 aromatic heterocycles. The Labute approximate surface area is 71.6 Å². The molecule has 0 saturated carbocycles. The highest BCUT2D eigenvalue weighted by molar-refractivity contribution is 5.84. The predicted molar refractivity (Wildman–Crippen MR) is 52.6 cm³/mol. The summed E-state index contributed by atoms with van der Waals surface area (Å²) in [4.78, 5) is 3.18. The number of aromatic nitrogens is 1. The van der Waals surface area contributed by atoms with E-state index in [1.54, 1.807) is 0 Å². The van der Waals surface area contributed by atoms with Crippen molar-refractivity contribution in [3.63, 3.8) is 0 Å². The number of hydrogen-bond donors (Lipinski definition) is 2. The Morgan fingerprint density at radius 3 is 2.92 bits per heavy atom. The molecule has 1 heterocycles. The SMILES string of the molecule is CNc1cc2cc[nH]c2cc1C. The van der Waals surface area contributed by atoms with Gasteiger partial charge in [0.2, 0.25) is 0 Å². The molecule has 0 atom stereocenters. The molecule has 0 spiro atoms. The highest BCUT2D eigenvalue weighted by Gasteiger charge is 1.99. The Morgan fingerprint density at radius 2 is 2.17 bits per heavy atom. The average Bonchev–Trinajstić information content (AvgIpc) is 2.49. The summed E-state index contributed by atoms with van der Waals surface area (Å²) in [5.74, 6) is 0. The number of aryl methyl sites for hydroxylation is 1. The minimum Gasteiger partial charge on any atom is -0.388 e. The highest BCUT2D eigenvalue weighted by Crippen LogP contribution is 2.21. The fraction of sp³-hybridized carbons (Fsp3) is 0.200. The van der Waals surface area contributed by atoms with Crippen molar-refractivity contribution in [1.29, 1.82) is 0 Å². The first-order chi connectivity index (χ1) is 5.81. The lowest BCUT2D eigenvalue weighted by molar-refractivity contribution is 1.41. The second-order valence-corrected chi connectivity index (χ2v) is 2.98. The van der Waals surface area contributed by atoms with Gasteiger partial charge >= 0.3 is 0 Å². The van der Waals surface area contributed by atoms with Crippen molar-refractivity contribution in [3.05, 3.63) is 30.0 Å². The van der Waals surface area contributed by atoms with E-state index in [2.05, 4.69) is 35.4 Å². The van der Waals surface area contributed by atoms with Gasteiger partial charge in [-0.15, -0.1) is 0 Å². The fourth-order valence-corrected chi connectivity index (χ4v) is 1.48. The number of rotatable bonds is 1. The van der Waals surface area contributed by atoms with Crippen molar-refractivity contribution < 1.29 is 0 Å². The standard InChI is InChI=1S/C10H12N2/c1-7-5-10-8(3-4-12-10)6-9(7)11-2/h3-6,11-12H,1-2H3. The number of hydrogen-bond acceptors (Lipinski definition) is 1. The van der Waals surface area contributed by atoms with E-state index in [1.165, 1.54) is 22.2 Å². The molecule has 2 heteroatoms. The third kappa shape index (κ3) is 0.961. The Kier molecular flexibility index (Phi) is 1.54. The van der Waals surface area contributed by atoms with E-state index >= 15 is 0 Å². The van der Waals surface area contributed by atoms with Gasteiger partial charge in [-0.1, -0.05) is 0 Å². The molecule has 2 nitrogen and oxygen atoms in total. The van der Waals surface area contributed by atoms with Crippen molar-refractivity contribution in [2.45, 2.75) is 6.92 Å². The Bertz CT molecular complexity index is 401. The fourth-order valence-electron chi connectivity index (χ4n) is 1.48. The summed E-state index contributed by atoms with van der Waals surface area (Å²) >= 11 is 0. The lowest BCUT2D eigenvalue weighted by Gasteiger charge is -2.04. The zero-order valence-corrected chi connectivity index (χ0v) is 7.31. The molecule has 0 aliphatic carbocycles. The first-order valence-electron chi connectivity index (χ1n) is 4.07. The van der Waals surface area contributed by atoms with Gasteiger partial charge in [0.05, 0.1) is 0 Å². The normalized spacial score (nSPS) is 10.5. The van der Waals surface area contributed by atoms with Gasteiger partial charge in [0.1, 0.15) is 0 Å². The third-order valence-corrected chi connectivity index (χ3v) is 2.17. The molecule has 0 bridgehead atoms. The summed E-state index contributed by atoms with van der Waals surface area (Å²) in [5.41, 5.74) is 3.67. The zero-order chi connectivity index (χ0) is 8.55. The molecule has 0 aliphatic rings. The van der Waals surface area contributed by atoms with Gasteiger partial charge in [-0.2, -0.15) is 0 Å². The number of aromatic amines is 1. The van der Waals surface area contributed by atoms with Crippen LogP contribution in [0.2, 0.25) is 0 Å². The molecular formula is C10H12N2. The van der Waals surface area contributed by atoms with Crippen LogP contribution in [-0.4, -0.2) is 12.0 Å². The maximum Gasteiger partial charge on any atom is 0.0458 e. The van der Waals surface area contributed by atoms with Gasteiger partial charge in [0.15, 0.2) is 0 Å². The van der Waals surface area contributed by atoms with Crippen LogP contribution < -0.4 is 5.32 Å². The molecule has 12 heavy (non-hydrogen) atoms. The van der Waals surface area contributed by atoms with Crippen molar-refractivity contribution in [3.8, 4) is 0 Å². The lowest BCUT2D eigenvalue weighted by atomic mass is 10.1. The first-order valence-corrected chi connectivity index (χ1v) is 4.07. The zero-order valence-electron chi connectivity index (χ0n) is 7.31. The predicted octanol–water partition coefficient (Wildman–Crippen LogP) is 2.52. The van der Waals surface area contributed by atoms with Crippen molar-refractivity contribution in [2.75, 3.05) is 12.4 Å². The quantitative estimate of drug-likeness (QED) is 0.659. The van der Waals surface area contributed by atoms with Crippen LogP contribution in [0.25, 0.3) is 10.9 Å². The van der Waals surface area contributed by atoms with E-state index in [-0.39, 0.29) is 0 Å². The molecule has 0 radical (unpaired) electrons. The van der Waals surface area contributed by atoms with E-state index in [0.717, 1.165) is 0 Å². The molecule has 0 unspecified atom stereocenters. The number of H-pyrrole nitrogens is 1. The molecular weight excluding hydrogens is 148 g/mol. The molecule has 62 valence electrons. The summed E-state index contributed by atoms with van der Waals surface area (Å²) in [6.07, 6.45) is 1.96. The van der Waals surface area contributed by atoms with Crippen LogP contribution in [0.4, 0.5) is 5.69 Å². The molecule has 0 aliphatic heterocycles. The summed E-state index contributed by atoms with van der Waals surface area (Å²) in [6, 6.07) is 6.39. The largest absolute Gasteiger partial charge is 0.388 e. The van der Waals surface area contributed by atoms with Crippen LogP contribution in [-0.2, 0) is 0 Å². The molecule has 1 aromatic carbocycles. The number of benzene rings is 1. The van der Waals surface area contributed by atoms with Gasteiger partial charge in [0.25, 0.3) is 0 Å². The van der Waals surface area contributed by atoms with E-state index in [1.807, 2.05) is 13.2 Å². The van der Waals surface area contributed by atoms with Gasteiger partial charge < -0.3 is 10.3 Å². The van der Waals surface area contributed by atoms with E-state index < -0.39 is 0 Å². The minimum absolute atomic E-state index is 1.20. The third-order valence-electron chi connectivity index (χ3n) is 2.17. The van der Waals surface area contributed by atoms with Crippen LogP contribution in [0.5, 0.6) is 0 Å². The Balaban J connectivity index is 2.73. The maximum atomic E-state index is 3.18. The van der Waals surface area contributed by atoms with E-state index in [9.17, 15) is 0 Å². The maximum absolute atomic E-state index is 3.18. The summed E-state index contributed by atoms with van der Waals surface area (Å²) in [6.45, 7) is 2.10. The smallest absolute Gasteiger partial charge is 0.0458 e. The van der Waals surface area contributed by atoms with Gasteiger partial charge in [-0.3, -0.25) is 0 Å². The molecule has 2 aromatic rings. The van der Waals surface area contributed by atoms with Crippen molar-refractivity contribution >= 4 is 16.6 Å². The number of anilines is 1. The lowest BCUT2D eigenvalue weighted by Crippen LogP contribution is -1.90. The van der Waals surface area contributed by atoms with Crippen LogP contribution >= 0.6 is 0 Å². The van der Waals surface area contributed by atoms with Crippen molar-refractivity contribution in [1.82, 2.24) is 4.98 Å². The van der Waals surface area contributed by atoms with Crippen LogP contribution in [0.1, 0.15) is 5.56 Å². The monoisotopic (exact) mass is 160 g/mol. The van der Waals surface area contributed by atoms with Crippen LogP contribution in [0, 0.1) is 6.92 Å². The Hall–Kier alpha value is -1.44. The average molecular weight is 160 g/mol. The van der Waals surface area contributed by atoms with E-state index in [0.29, 0.717) is 0 Å². The highest BCUT2D eigenvalue weighted by atomic mass is 14.8. The second kappa shape index (κ2) is 2.55. The molecule has 2 rings (SSSR count). The van der Waals surface area contributed by atoms with Gasteiger partial charge in [0, 0.05) is 29.8 Å². The minimum atomic E-state index is 1.20. The van der Waals surface area contributed by atoms with Crippen LogP contribution in [0.3, 0.4) is 0 Å². The molecule has 0 fully saturated rings. The number of fused-ring (bicyclic) bond motifs is 1. The summed E-state index contributed by atoms with van der Waals surface area (Å²) in [5, 5.41) is 4.42. The van der Waals surface area contributed by atoms with Gasteiger partial charge in [-0.25, -0.2) is 0 Å². The van der Waals surface area contributed by atoms with E-state index in [4.69, 9.17) is 0 Å². The Morgan fingerprint density at radius 1 is 1.33 bits per heavy atom. The topological polar surface area (TPSA) is 27.8 Å². The molecule has 2 N–H and O–H groups in total. The molecule has 0 amide bonds. The van der Waals surface area contributed by atoms with Gasteiger partial charge in [-0.05, 0) is 30.7 Å². The molecule has 0 saturated heterocycles. The van der Waals surface area contributed by atoms with Crippen molar-refractivity contribution in [2.24, 2.45) is 0 Å².